The van der Waals surface area contributed by atoms with Crippen molar-refractivity contribution >= 4 is 29.0 Å². The molecule has 0 unspecified atom stereocenters. The molecule has 6 heteroatoms. The van der Waals surface area contributed by atoms with Gasteiger partial charge in [-0.25, -0.2) is 4.79 Å². The number of nitrogens with two attached hydrogens (primary N) is 1. The Labute approximate surface area is 134 Å². The number of carbonyl (C=O) groups excluding carboxylic acids is 1. The SMILES string of the molecule is Nc1ccc(NC(=O)NCCCOc2ccccc2)c(Cl)c1. The van der Waals surface area contributed by atoms with Crippen LogP contribution in [0.2, 0.25) is 5.02 Å². The molecule has 0 saturated heterocycles. The maximum absolute atomic E-state index is 11.7. The lowest BCUT2D eigenvalue weighted by molar-refractivity contribution is 0.250. The molecule has 0 fully saturated rings. The Balaban J connectivity index is 1.65. The molecule has 22 heavy (non-hydrogen) atoms. The molecule has 0 aliphatic carbocycles. The average molecular weight is 320 g/mol. The molecule has 0 spiro atoms. The van der Waals surface area contributed by atoms with Gasteiger partial charge in [0.2, 0.25) is 0 Å². The van der Waals surface area contributed by atoms with E-state index in [1.165, 1.54) is 0 Å². The van der Waals surface area contributed by atoms with E-state index in [-0.39, 0.29) is 6.03 Å². The molecule has 2 amide bonds. The summed E-state index contributed by atoms with van der Waals surface area (Å²) in [7, 11) is 0. The summed E-state index contributed by atoms with van der Waals surface area (Å²) in [6, 6.07) is 14.2. The van der Waals surface area contributed by atoms with Crippen molar-refractivity contribution in [3.05, 3.63) is 53.6 Å². The number of para-hydroxylation sites is 1. The Morgan fingerprint density at radius 1 is 1.18 bits per heavy atom. The van der Waals surface area contributed by atoms with Crippen molar-refractivity contribution in [3.8, 4) is 5.75 Å². The van der Waals surface area contributed by atoms with Gasteiger partial charge >= 0.3 is 6.03 Å². The zero-order valence-corrected chi connectivity index (χ0v) is 12.8. The summed E-state index contributed by atoms with van der Waals surface area (Å²) in [5.41, 5.74) is 6.67. The summed E-state index contributed by atoms with van der Waals surface area (Å²) in [6.07, 6.45) is 0.706. The number of halogens is 1. The minimum absolute atomic E-state index is 0.314. The second-order valence-corrected chi connectivity index (χ2v) is 5.04. The maximum Gasteiger partial charge on any atom is 0.319 e. The smallest absolute Gasteiger partial charge is 0.319 e. The highest BCUT2D eigenvalue weighted by Crippen LogP contribution is 2.23. The van der Waals surface area contributed by atoms with Gasteiger partial charge in [-0.2, -0.15) is 0 Å². The molecule has 0 heterocycles. The Hall–Kier alpha value is -2.40. The largest absolute Gasteiger partial charge is 0.494 e. The summed E-state index contributed by atoms with van der Waals surface area (Å²) in [6.45, 7) is 1.04. The molecule has 0 radical (unpaired) electrons. The molecule has 0 atom stereocenters. The van der Waals surface area contributed by atoms with Gasteiger partial charge in [-0.3, -0.25) is 0 Å². The molecule has 116 valence electrons. The first-order valence-electron chi connectivity index (χ1n) is 6.93. The van der Waals surface area contributed by atoms with Crippen LogP contribution in [0.15, 0.2) is 48.5 Å². The monoisotopic (exact) mass is 319 g/mol. The lowest BCUT2D eigenvalue weighted by Gasteiger charge is -2.10. The van der Waals surface area contributed by atoms with Crippen LogP contribution in [0, 0.1) is 0 Å². The maximum atomic E-state index is 11.7. The predicted molar refractivity (Wildman–Crippen MR) is 89.4 cm³/mol. The van der Waals surface area contributed by atoms with Crippen LogP contribution in [-0.4, -0.2) is 19.2 Å². The van der Waals surface area contributed by atoms with E-state index < -0.39 is 0 Å². The molecular formula is C16H18ClN3O2. The molecular weight excluding hydrogens is 302 g/mol. The number of rotatable bonds is 6. The van der Waals surface area contributed by atoms with Gasteiger partial charge in [-0.05, 0) is 36.8 Å². The lowest BCUT2D eigenvalue weighted by Crippen LogP contribution is -2.30. The van der Waals surface area contributed by atoms with E-state index in [1.54, 1.807) is 18.2 Å². The van der Waals surface area contributed by atoms with Gasteiger partial charge in [0.1, 0.15) is 5.75 Å². The summed E-state index contributed by atoms with van der Waals surface area (Å²) < 4.78 is 5.53. The van der Waals surface area contributed by atoms with E-state index in [1.807, 2.05) is 30.3 Å². The number of carbonyl (C=O) groups is 1. The molecule has 0 aromatic heterocycles. The van der Waals surface area contributed by atoms with Gasteiger partial charge < -0.3 is 21.1 Å². The number of nitrogen functional groups attached to an aromatic ring is 1. The Morgan fingerprint density at radius 2 is 1.95 bits per heavy atom. The summed E-state index contributed by atoms with van der Waals surface area (Å²) in [4.78, 5) is 11.7. The highest BCUT2D eigenvalue weighted by molar-refractivity contribution is 6.34. The van der Waals surface area contributed by atoms with Crippen LogP contribution < -0.4 is 21.1 Å². The molecule has 4 N–H and O–H groups in total. The van der Waals surface area contributed by atoms with E-state index in [0.29, 0.717) is 36.0 Å². The zero-order valence-electron chi connectivity index (χ0n) is 12.0. The number of anilines is 2. The van der Waals surface area contributed by atoms with E-state index in [9.17, 15) is 4.79 Å². The molecule has 0 aliphatic rings. The summed E-state index contributed by atoms with van der Waals surface area (Å²) in [5, 5.41) is 5.81. The van der Waals surface area contributed by atoms with E-state index in [4.69, 9.17) is 22.1 Å². The summed E-state index contributed by atoms with van der Waals surface area (Å²) >= 11 is 5.98. The third-order valence-electron chi connectivity index (χ3n) is 2.86. The lowest BCUT2D eigenvalue weighted by atomic mass is 10.3. The van der Waals surface area contributed by atoms with E-state index >= 15 is 0 Å². The van der Waals surface area contributed by atoms with Crippen molar-refractivity contribution in [1.29, 1.82) is 0 Å². The molecule has 2 rings (SSSR count). The van der Waals surface area contributed by atoms with Crippen LogP contribution in [0.25, 0.3) is 0 Å². The van der Waals surface area contributed by atoms with Crippen molar-refractivity contribution < 1.29 is 9.53 Å². The van der Waals surface area contributed by atoms with Crippen molar-refractivity contribution in [2.24, 2.45) is 0 Å². The minimum Gasteiger partial charge on any atom is -0.494 e. The van der Waals surface area contributed by atoms with Crippen molar-refractivity contribution in [2.75, 3.05) is 24.2 Å². The molecule has 0 bridgehead atoms. The van der Waals surface area contributed by atoms with Crippen molar-refractivity contribution in [1.82, 2.24) is 5.32 Å². The van der Waals surface area contributed by atoms with Gasteiger partial charge in [0.25, 0.3) is 0 Å². The van der Waals surface area contributed by atoms with Gasteiger partial charge in [0.15, 0.2) is 0 Å². The fourth-order valence-corrected chi connectivity index (χ4v) is 2.02. The second kappa shape index (κ2) is 8.14. The number of amides is 2. The summed E-state index contributed by atoms with van der Waals surface area (Å²) in [5.74, 6) is 0.820. The molecule has 2 aromatic rings. The number of hydrogen-bond acceptors (Lipinski definition) is 3. The van der Waals surface area contributed by atoms with Crippen LogP contribution in [0.3, 0.4) is 0 Å². The zero-order chi connectivity index (χ0) is 15.8. The van der Waals surface area contributed by atoms with Crippen LogP contribution in [0.5, 0.6) is 5.75 Å². The second-order valence-electron chi connectivity index (χ2n) is 4.64. The molecule has 5 nitrogen and oxygen atoms in total. The third-order valence-corrected chi connectivity index (χ3v) is 3.17. The van der Waals surface area contributed by atoms with E-state index in [0.717, 1.165) is 5.75 Å². The number of urea groups is 1. The molecule has 0 saturated carbocycles. The first-order valence-corrected chi connectivity index (χ1v) is 7.30. The predicted octanol–water partition coefficient (Wildman–Crippen LogP) is 3.51. The first kappa shape index (κ1) is 16.0. The molecule has 2 aromatic carbocycles. The van der Waals surface area contributed by atoms with Gasteiger partial charge in [0.05, 0.1) is 17.3 Å². The fraction of sp³-hybridized carbons (Fsp3) is 0.188. The normalized spacial score (nSPS) is 10.0. The Bertz CT molecular complexity index is 620. The van der Waals surface area contributed by atoms with Gasteiger partial charge in [-0.1, -0.05) is 29.8 Å². The molecule has 0 aliphatic heterocycles. The Kier molecular flexibility index (Phi) is 5.91. The third kappa shape index (κ3) is 5.18. The first-order chi connectivity index (χ1) is 10.6. The Morgan fingerprint density at radius 3 is 2.68 bits per heavy atom. The van der Waals surface area contributed by atoms with Crippen LogP contribution >= 0.6 is 11.6 Å². The van der Waals surface area contributed by atoms with Crippen molar-refractivity contribution in [3.63, 3.8) is 0 Å². The van der Waals surface area contributed by atoms with Gasteiger partial charge in [0, 0.05) is 12.2 Å². The average Bonchev–Trinajstić information content (AvgIpc) is 2.51. The van der Waals surface area contributed by atoms with Crippen LogP contribution in [0.1, 0.15) is 6.42 Å². The van der Waals surface area contributed by atoms with Gasteiger partial charge in [-0.15, -0.1) is 0 Å². The topological polar surface area (TPSA) is 76.4 Å². The standard InChI is InChI=1S/C16H18ClN3O2/c17-14-11-12(18)7-8-15(14)20-16(21)19-9-4-10-22-13-5-2-1-3-6-13/h1-3,5-8,11H,4,9-10,18H2,(H2,19,20,21). The van der Waals surface area contributed by atoms with Crippen molar-refractivity contribution in [2.45, 2.75) is 6.42 Å². The number of ether oxygens (including phenoxy) is 1. The highest BCUT2D eigenvalue weighted by atomic mass is 35.5. The number of nitrogens with one attached hydrogen (secondary N) is 2. The fourth-order valence-electron chi connectivity index (χ4n) is 1.78. The number of hydrogen-bond donors (Lipinski definition) is 3. The quantitative estimate of drug-likeness (QED) is 0.563. The van der Waals surface area contributed by atoms with Crippen LogP contribution in [0.4, 0.5) is 16.2 Å². The number of benzene rings is 2. The van der Waals surface area contributed by atoms with E-state index in [2.05, 4.69) is 10.6 Å². The minimum atomic E-state index is -0.314. The highest BCUT2D eigenvalue weighted by Gasteiger charge is 2.05. The van der Waals surface area contributed by atoms with Crippen LogP contribution in [-0.2, 0) is 0 Å².